The lowest BCUT2D eigenvalue weighted by molar-refractivity contribution is -0.136. The summed E-state index contributed by atoms with van der Waals surface area (Å²) in [5.74, 6) is -1.90. The SMILES string of the molecule is CC1(C(=O)NCCC(=O)O)Sc2ccccc2NC1=O. The van der Waals surface area contributed by atoms with E-state index in [1.54, 1.807) is 12.1 Å². The lowest BCUT2D eigenvalue weighted by Gasteiger charge is -2.31. The van der Waals surface area contributed by atoms with Crippen molar-refractivity contribution in [1.82, 2.24) is 5.32 Å². The Hall–Kier alpha value is -2.02. The van der Waals surface area contributed by atoms with Gasteiger partial charge < -0.3 is 15.7 Å². The number of amides is 2. The molecule has 0 saturated carbocycles. The van der Waals surface area contributed by atoms with Gasteiger partial charge in [-0.1, -0.05) is 23.9 Å². The number of carbonyl (C=O) groups is 3. The van der Waals surface area contributed by atoms with Crippen molar-refractivity contribution in [2.75, 3.05) is 11.9 Å². The second kappa shape index (κ2) is 5.54. The monoisotopic (exact) mass is 294 g/mol. The Morgan fingerprint density at radius 2 is 2.10 bits per heavy atom. The molecule has 1 aliphatic rings. The van der Waals surface area contributed by atoms with E-state index < -0.39 is 22.5 Å². The molecular formula is C13H14N2O4S. The smallest absolute Gasteiger partial charge is 0.305 e. The summed E-state index contributed by atoms with van der Waals surface area (Å²) in [6.07, 6.45) is -0.176. The fourth-order valence-corrected chi connectivity index (χ4v) is 2.89. The number of aliphatic carboxylic acids is 1. The molecule has 1 atom stereocenters. The molecule has 1 aromatic carbocycles. The molecule has 20 heavy (non-hydrogen) atoms. The molecule has 0 bridgehead atoms. The molecule has 0 saturated heterocycles. The van der Waals surface area contributed by atoms with Crippen molar-refractivity contribution in [3.8, 4) is 0 Å². The van der Waals surface area contributed by atoms with Gasteiger partial charge in [-0.2, -0.15) is 0 Å². The van der Waals surface area contributed by atoms with Crippen LogP contribution in [0.1, 0.15) is 13.3 Å². The number of para-hydroxylation sites is 1. The van der Waals surface area contributed by atoms with E-state index in [2.05, 4.69) is 10.6 Å². The highest BCUT2D eigenvalue weighted by Crippen LogP contribution is 2.42. The van der Waals surface area contributed by atoms with Gasteiger partial charge in [0, 0.05) is 11.4 Å². The van der Waals surface area contributed by atoms with Gasteiger partial charge in [-0.05, 0) is 19.1 Å². The van der Waals surface area contributed by atoms with Crippen molar-refractivity contribution in [1.29, 1.82) is 0 Å². The first-order chi connectivity index (χ1) is 9.43. The average molecular weight is 294 g/mol. The topological polar surface area (TPSA) is 95.5 Å². The van der Waals surface area contributed by atoms with Gasteiger partial charge in [0.25, 0.3) is 0 Å². The summed E-state index contributed by atoms with van der Waals surface area (Å²) < 4.78 is -1.30. The molecule has 0 fully saturated rings. The van der Waals surface area contributed by atoms with Gasteiger partial charge in [0.15, 0.2) is 4.75 Å². The Morgan fingerprint density at radius 1 is 1.40 bits per heavy atom. The quantitative estimate of drug-likeness (QED) is 0.722. The lowest BCUT2D eigenvalue weighted by atomic mass is 10.1. The fraction of sp³-hybridized carbons (Fsp3) is 0.308. The molecule has 0 radical (unpaired) electrons. The highest BCUT2D eigenvalue weighted by Gasteiger charge is 2.45. The van der Waals surface area contributed by atoms with E-state index in [9.17, 15) is 14.4 Å². The van der Waals surface area contributed by atoms with Crippen LogP contribution in [0.4, 0.5) is 5.69 Å². The number of thioether (sulfide) groups is 1. The van der Waals surface area contributed by atoms with Crippen LogP contribution in [-0.2, 0) is 14.4 Å². The maximum atomic E-state index is 12.1. The van der Waals surface area contributed by atoms with Crippen molar-refractivity contribution in [2.24, 2.45) is 0 Å². The van der Waals surface area contributed by atoms with Crippen molar-refractivity contribution in [3.05, 3.63) is 24.3 Å². The van der Waals surface area contributed by atoms with Gasteiger partial charge in [-0.25, -0.2) is 0 Å². The van der Waals surface area contributed by atoms with Crippen molar-refractivity contribution >= 4 is 35.2 Å². The third kappa shape index (κ3) is 2.77. The van der Waals surface area contributed by atoms with Crippen LogP contribution in [0.5, 0.6) is 0 Å². The van der Waals surface area contributed by atoms with Crippen molar-refractivity contribution in [2.45, 2.75) is 23.0 Å². The maximum Gasteiger partial charge on any atom is 0.305 e. The Bertz CT molecular complexity index is 575. The summed E-state index contributed by atoms with van der Waals surface area (Å²) in [7, 11) is 0. The molecule has 7 heteroatoms. The molecule has 6 nitrogen and oxygen atoms in total. The zero-order valence-corrected chi connectivity index (χ0v) is 11.6. The number of hydrogen-bond acceptors (Lipinski definition) is 4. The number of rotatable bonds is 4. The molecule has 2 rings (SSSR count). The summed E-state index contributed by atoms with van der Waals surface area (Å²) >= 11 is 1.16. The van der Waals surface area contributed by atoms with E-state index in [1.165, 1.54) is 6.92 Å². The second-order valence-corrected chi connectivity index (χ2v) is 5.95. The fourth-order valence-electron chi connectivity index (χ4n) is 1.77. The van der Waals surface area contributed by atoms with Crippen LogP contribution < -0.4 is 10.6 Å². The largest absolute Gasteiger partial charge is 0.481 e. The third-order valence-corrected chi connectivity index (χ3v) is 4.30. The number of benzene rings is 1. The van der Waals surface area contributed by atoms with Crippen LogP contribution in [0.2, 0.25) is 0 Å². The number of fused-ring (bicyclic) bond motifs is 1. The summed E-state index contributed by atoms with van der Waals surface area (Å²) in [5.41, 5.74) is 0.679. The second-order valence-electron chi connectivity index (χ2n) is 4.49. The van der Waals surface area contributed by atoms with Gasteiger partial charge >= 0.3 is 5.97 Å². The predicted molar refractivity (Wildman–Crippen MR) is 74.6 cm³/mol. The van der Waals surface area contributed by atoms with E-state index in [1.807, 2.05) is 12.1 Å². The van der Waals surface area contributed by atoms with Gasteiger partial charge in [-0.3, -0.25) is 14.4 Å². The molecule has 106 valence electrons. The minimum absolute atomic E-state index is 0.000751. The van der Waals surface area contributed by atoms with E-state index >= 15 is 0 Å². The molecule has 1 aromatic rings. The Kier molecular flexibility index (Phi) is 3.99. The van der Waals surface area contributed by atoms with Crippen LogP contribution in [0.25, 0.3) is 0 Å². The Labute approximate surface area is 119 Å². The summed E-state index contributed by atoms with van der Waals surface area (Å²) in [6, 6.07) is 7.21. The van der Waals surface area contributed by atoms with Crippen LogP contribution in [0.15, 0.2) is 29.2 Å². The van der Waals surface area contributed by atoms with Gasteiger partial charge in [-0.15, -0.1) is 0 Å². The number of carboxylic acids is 1. The molecule has 1 aliphatic heterocycles. The Morgan fingerprint density at radius 3 is 2.80 bits per heavy atom. The van der Waals surface area contributed by atoms with E-state index in [-0.39, 0.29) is 13.0 Å². The average Bonchev–Trinajstić information content (AvgIpc) is 2.39. The highest BCUT2D eigenvalue weighted by atomic mass is 32.2. The molecule has 0 aliphatic carbocycles. The molecule has 3 N–H and O–H groups in total. The normalized spacial score (nSPS) is 20.8. The van der Waals surface area contributed by atoms with E-state index in [0.717, 1.165) is 16.7 Å². The van der Waals surface area contributed by atoms with Gasteiger partial charge in [0.05, 0.1) is 12.1 Å². The molecular weight excluding hydrogens is 280 g/mol. The molecule has 2 amide bonds. The van der Waals surface area contributed by atoms with Crippen LogP contribution in [-0.4, -0.2) is 34.2 Å². The van der Waals surface area contributed by atoms with E-state index in [0.29, 0.717) is 5.69 Å². The number of hydrogen-bond donors (Lipinski definition) is 3. The standard InChI is InChI=1S/C13H14N2O4S/c1-13(11(18)14-7-6-10(16)17)12(19)15-8-4-2-3-5-9(8)20-13/h2-5H,6-7H2,1H3,(H,14,18)(H,15,19)(H,16,17). The van der Waals surface area contributed by atoms with Gasteiger partial charge in [0.2, 0.25) is 11.8 Å². The lowest BCUT2D eigenvalue weighted by Crippen LogP contribution is -2.52. The summed E-state index contributed by atoms with van der Waals surface area (Å²) in [4.78, 5) is 35.5. The predicted octanol–water partition coefficient (Wildman–Crippen LogP) is 1.08. The molecule has 0 aromatic heterocycles. The zero-order chi connectivity index (χ0) is 14.8. The van der Waals surface area contributed by atoms with Crippen LogP contribution >= 0.6 is 11.8 Å². The van der Waals surface area contributed by atoms with Gasteiger partial charge in [0.1, 0.15) is 0 Å². The Balaban J connectivity index is 2.12. The third-order valence-electron chi connectivity index (χ3n) is 2.94. The minimum atomic E-state index is -1.30. The number of carbonyl (C=O) groups excluding carboxylic acids is 2. The maximum absolute atomic E-state index is 12.1. The number of nitrogens with one attached hydrogen (secondary N) is 2. The van der Waals surface area contributed by atoms with Crippen molar-refractivity contribution in [3.63, 3.8) is 0 Å². The van der Waals surface area contributed by atoms with Crippen LogP contribution in [0, 0.1) is 0 Å². The van der Waals surface area contributed by atoms with Crippen LogP contribution in [0.3, 0.4) is 0 Å². The van der Waals surface area contributed by atoms with E-state index in [4.69, 9.17) is 5.11 Å². The summed E-state index contributed by atoms with van der Waals surface area (Å²) in [6.45, 7) is 1.53. The number of anilines is 1. The summed E-state index contributed by atoms with van der Waals surface area (Å²) in [5, 5.41) is 13.7. The molecule has 0 spiro atoms. The molecule has 1 unspecified atom stereocenters. The first-order valence-electron chi connectivity index (χ1n) is 6.03. The first kappa shape index (κ1) is 14.4. The highest BCUT2D eigenvalue weighted by molar-refractivity contribution is 8.02. The first-order valence-corrected chi connectivity index (χ1v) is 6.85. The zero-order valence-electron chi connectivity index (χ0n) is 10.8. The number of carboxylic acid groups (broad SMARTS) is 1. The van der Waals surface area contributed by atoms with Crippen molar-refractivity contribution < 1.29 is 19.5 Å². The minimum Gasteiger partial charge on any atom is -0.481 e. The molecule has 1 heterocycles.